The Morgan fingerprint density at radius 2 is 1.85 bits per heavy atom. The molecule has 1 aromatic rings. The molecule has 2 aliphatic carbocycles. The van der Waals surface area contributed by atoms with E-state index in [2.05, 4.69) is 5.32 Å². The second-order valence-corrected chi connectivity index (χ2v) is 11.7. The molecule has 2 saturated carbocycles. The second-order valence-electron chi connectivity index (χ2n) is 9.59. The summed E-state index contributed by atoms with van der Waals surface area (Å²) in [7, 11) is -2.47. The number of esters is 1. The van der Waals surface area contributed by atoms with E-state index in [9.17, 15) is 22.0 Å². The standard InChI is InChI=1S/C25H37F2NO5S/c1-18-9-10-23(34(30,31)22-8-6-7-20(22)24(29)32-2)21(17-18)33-16-5-3-4-15-28-19-11-13-25(26,27)14-12-19/h9-10,17,19-20,22,28H,3-8,11-16H2,1-2H3/t20-,22-/m0/s1. The van der Waals surface area contributed by atoms with Crippen LogP contribution in [0.15, 0.2) is 23.1 Å². The molecule has 0 unspecified atom stereocenters. The lowest BCUT2D eigenvalue weighted by Gasteiger charge is -2.28. The number of alkyl halides is 2. The Bertz CT molecular complexity index is 927. The Labute approximate surface area is 201 Å². The third-order valence-corrected chi connectivity index (χ3v) is 9.30. The van der Waals surface area contributed by atoms with E-state index in [4.69, 9.17) is 9.47 Å². The van der Waals surface area contributed by atoms with Crippen molar-refractivity contribution in [2.75, 3.05) is 20.3 Å². The lowest BCUT2D eigenvalue weighted by atomic mass is 9.92. The molecule has 0 saturated heterocycles. The normalized spacial score (nSPS) is 23.1. The van der Waals surface area contributed by atoms with E-state index in [1.54, 1.807) is 18.2 Å². The molecular formula is C25H37F2NO5S. The third kappa shape index (κ3) is 6.90. The largest absolute Gasteiger partial charge is 0.492 e. The number of nitrogens with one attached hydrogen (secondary N) is 1. The monoisotopic (exact) mass is 501 g/mol. The first kappa shape index (κ1) is 26.9. The van der Waals surface area contributed by atoms with Crippen LogP contribution in [0.25, 0.3) is 0 Å². The molecule has 6 nitrogen and oxygen atoms in total. The molecule has 2 fully saturated rings. The van der Waals surface area contributed by atoms with Crippen LogP contribution in [0, 0.1) is 12.8 Å². The van der Waals surface area contributed by atoms with Crippen LogP contribution >= 0.6 is 0 Å². The fraction of sp³-hybridized carbons (Fsp3) is 0.720. The molecule has 1 aromatic carbocycles. The first-order valence-corrected chi connectivity index (χ1v) is 13.8. The topological polar surface area (TPSA) is 81.7 Å². The van der Waals surface area contributed by atoms with E-state index in [1.807, 2.05) is 6.92 Å². The van der Waals surface area contributed by atoms with Crippen LogP contribution in [0.1, 0.15) is 69.8 Å². The van der Waals surface area contributed by atoms with Gasteiger partial charge in [0.15, 0.2) is 9.84 Å². The van der Waals surface area contributed by atoms with Gasteiger partial charge in [-0.3, -0.25) is 4.79 Å². The van der Waals surface area contributed by atoms with Gasteiger partial charge in [-0.25, -0.2) is 17.2 Å². The van der Waals surface area contributed by atoms with Crippen LogP contribution in [-0.2, 0) is 19.4 Å². The van der Waals surface area contributed by atoms with Gasteiger partial charge in [-0.1, -0.05) is 12.5 Å². The van der Waals surface area contributed by atoms with Crippen molar-refractivity contribution < 1.29 is 31.5 Å². The zero-order chi connectivity index (χ0) is 24.8. The van der Waals surface area contributed by atoms with Gasteiger partial charge in [0.25, 0.3) is 0 Å². The molecule has 34 heavy (non-hydrogen) atoms. The molecule has 1 N–H and O–H groups in total. The molecule has 3 rings (SSSR count). The van der Waals surface area contributed by atoms with Crippen molar-refractivity contribution in [1.29, 1.82) is 0 Å². The number of rotatable bonds is 11. The SMILES string of the molecule is COC(=O)[C@H]1CCC[C@@H]1S(=O)(=O)c1ccc(C)cc1OCCCCCNC1CCC(F)(F)CC1. The van der Waals surface area contributed by atoms with Gasteiger partial charge in [-0.2, -0.15) is 0 Å². The number of carbonyl (C=O) groups is 1. The van der Waals surface area contributed by atoms with E-state index in [0.717, 1.165) is 31.4 Å². The van der Waals surface area contributed by atoms with Crippen molar-refractivity contribution in [1.82, 2.24) is 5.32 Å². The molecular weight excluding hydrogens is 464 g/mol. The van der Waals surface area contributed by atoms with Crippen LogP contribution in [0.4, 0.5) is 8.78 Å². The summed E-state index contributed by atoms with van der Waals surface area (Å²) >= 11 is 0. The number of hydrogen-bond acceptors (Lipinski definition) is 6. The maximum absolute atomic E-state index is 13.4. The van der Waals surface area contributed by atoms with Crippen LogP contribution in [0.2, 0.25) is 0 Å². The highest BCUT2D eigenvalue weighted by molar-refractivity contribution is 7.92. The number of sulfone groups is 1. The average Bonchev–Trinajstić information content (AvgIpc) is 3.30. The number of methoxy groups -OCH3 is 1. The highest BCUT2D eigenvalue weighted by Crippen LogP contribution is 2.38. The number of aryl methyl sites for hydroxylation is 1. The van der Waals surface area contributed by atoms with E-state index in [1.165, 1.54) is 7.11 Å². The van der Waals surface area contributed by atoms with Crippen molar-refractivity contribution in [3.05, 3.63) is 23.8 Å². The number of hydrogen-bond donors (Lipinski definition) is 1. The van der Waals surface area contributed by atoms with Crippen LogP contribution in [0.5, 0.6) is 5.75 Å². The smallest absolute Gasteiger partial charge is 0.309 e. The predicted octanol–water partition coefficient (Wildman–Crippen LogP) is 4.83. The van der Waals surface area contributed by atoms with Crippen LogP contribution in [0.3, 0.4) is 0 Å². The maximum atomic E-state index is 13.4. The van der Waals surface area contributed by atoms with Gasteiger partial charge in [0.2, 0.25) is 5.92 Å². The zero-order valence-electron chi connectivity index (χ0n) is 20.2. The van der Waals surface area contributed by atoms with E-state index in [-0.39, 0.29) is 23.8 Å². The number of unbranched alkanes of at least 4 members (excludes halogenated alkanes) is 2. The summed E-state index contributed by atoms with van der Waals surface area (Å²) in [5, 5.41) is 2.57. The van der Waals surface area contributed by atoms with Crippen LogP contribution in [-0.4, -0.2) is 51.9 Å². The summed E-state index contributed by atoms with van der Waals surface area (Å²) < 4.78 is 64.0. The summed E-state index contributed by atoms with van der Waals surface area (Å²) in [5.74, 6) is -3.30. The lowest BCUT2D eigenvalue weighted by molar-refractivity contribution is -0.145. The third-order valence-electron chi connectivity index (χ3n) is 6.99. The summed E-state index contributed by atoms with van der Waals surface area (Å²) in [4.78, 5) is 12.2. The quantitative estimate of drug-likeness (QED) is 0.346. The number of benzene rings is 1. The molecule has 0 aliphatic heterocycles. The minimum atomic E-state index is -3.75. The average molecular weight is 502 g/mol. The lowest BCUT2D eigenvalue weighted by Crippen LogP contribution is -2.37. The first-order valence-electron chi connectivity index (χ1n) is 12.3. The van der Waals surface area contributed by atoms with Crippen molar-refractivity contribution in [2.45, 2.75) is 93.2 Å². The predicted molar refractivity (Wildman–Crippen MR) is 126 cm³/mol. The van der Waals surface area contributed by atoms with Gasteiger partial charge in [0, 0.05) is 18.9 Å². The molecule has 9 heteroatoms. The number of carbonyl (C=O) groups excluding carboxylic acids is 1. The Balaban J connectivity index is 1.49. The molecule has 192 valence electrons. The molecule has 0 aromatic heterocycles. The first-order chi connectivity index (χ1) is 16.1. The molecule has 0 heterocycles. The fourth-order valence-electron chi connectivity index (χ4n) is 4.98. The highest BCUT2D eigenvalue weighted by atomic mass is 32.2. The summed E-state index contributed by atoms with van der Waals surface area (Å²) in [5.41, 5.74) is 0.896. The van der Waals surface area contributed by atoms with Gasteiger partial charge < -0.3 is 14.8 Å². The molecule has 2 atom stereocenters. The Hall–Kier alpha value is -1.74. The minimum absolute atomic E-state index is 0.0402. The Morgan fingerprint density at radius 3 is 2.56 bits per heavy atom. The summed E-state index contributed by atoms with van der Waals surface area (Å²) in [6.07, 6.45) is 5.10. The fourth-order valence-corrected chi connectivity index (χ4v) is 7.12. The van der Waals surface area contributed by atoms with Crippen molar-refractivity contribution >= 4 is 15.8 Å². The maximum Gasteiger partial charge on any atom is 0.309 e. The van der Waals surface area contributed by atoms with E-state index < -0.39 is 32.9 Å². The van der Waals surface area contributed by atoms with Gasteiger partial charge in [-0.15, -0.1) is 0 Å². The number of halogens is 2. The van der Waals surface area contributed by atoms with Gasteiger partial charge in [-0.05, 0) is 76.1 Å². The van der Waals surface area contributed by atoms with Gasteiger partial charge in [0.1, 0.15) is 10.6 Å². The Kier molecular flexibility index (Phi) is 9.32. The van der Waals surface area contributed by atoms with Crippen molar-refractivity contribution in [3.8, 4) is 5.75 Å². The molecule has 0 bridgehead atoms. The summed E-state index contributed by atoms with van der Waals surface area (Å²) in [6.45, 7) is 3.03. The second kappa shape index (κ2) is 11.8. The summed E-state index contributed by atoms with van der Waals surface area (Å²) in [6, 6.07) is 5.22. The molecule has 0 amide bonds. The molecule has 0 spiro atoms. The minimum Gasteiger partial charge on any atom is -0.492 e. The van der Waals surface area contributed by atoms with E-state index >= 15 is 0 Å². The van der Waals surface area contributed by atoms with Crippen molar-refractivity contribution in [2.24, 2.45) is 5.92 Å². The molecule has 2 aliphatic rings. The van der Waals surface area contributed by atoms with Crippen LogP contribution < -0.4 is 10.1 Å². The number of ether oxygens (including phenoxy) is 2. The van der Waals surface area contributed by atoms with Gasteiger partial charge >= 0.3 is 5.97 Å². The van der Waals surface area contributed by atoms with Crippen molar-refractivity contribution in [3.63, 3.8) is 0 Å². The zero-order valence-corrected chi connectivity index (χ0v) is 21.0. The Morgan fingerprint density at radius 1 is 1.12 bits per heavy atom. The van der Waals surface area contributed by atoms with Gasteiger partial charge in [0.05, 0.1) is 24.9 Å². The molecule has 0 radical (unpaired) electrons. The van der Waals surface area contributed by atoms with E-state index in [0.29, 0.717) is 44.5 Å². The highest BCUT2D eigenvalue weighted by Gasteiger charge is 2.44.